The van der Waals surface area contributed by atoms with Crippen LogP contribution in [0.2, 0.25) is 0 Å². The summed E-state index contributed by atoms with van der Waals surface area (Å²) in [4.78, 5) is 0. The van der Waals surface area contributed by atoms with Gasteiger partial charge in [-0.3, -0.25) is 0 Å². The van der Waals surface area contributed by atoms with Gasteiger partial charge in [-0.15, -0.1) is 0 Å². The molecule has 0 heterocycles. The largest absolute Gasteiger partial charge is 0.0859 e. The van der Waals surface area contributed by atoms with Crippen molar-refractivity contribution in [3.63, 3.8) is 0 Å². The van der Waals surface area contributed by atoms with Crippen molar-refractivity contribution in [2.75, 3.05) is 0 Å². The summed E-state index contributed by atoms with van der Waals surface area (Å²) in [6.45, 7) is 15.0. The average Bonchev–Trinajstić information content (AvgIpc) is 2.98. The number of hydrogen-bond acceptors (Lipinski definition) is 0. The summed E-state index contributed by atoms with van der Waals surface area (Å²) in [5.74, 6) is 4.68. The predicted octanol–water partition coefficient (Wildman–Crippen LogP) is 8.73. The lowest BCUT2D eigenvalue weighted by molar-refractivity contribution is 0.0441. The van der Waals surface area contributed by atoms with E-state index in [2.05, 4.69) is 47.6 Å². The molecule has 158 valence electrons. The third kappa shape index (κ3) is 3.26. The van der Waals surface area contributed by atoms with Crippen molar-refractivity contribution >= 4 is 0 Å². The summed E-state index contributed by atoms with van der Waals surface area (Å²) < 4.78 is 0. The highest BCUT2D eigenvalue weighted by Gasteiger charge is 2.55. The molecule has 2 unspecified atom stereocenters. The highest BCUT2D eigenvalue weighted by atomic mass is 14.6. The lowest BCUT2D eigenvalue weighted by atomic mass is 9.49. The molecule has 0 aliphatic heterocycles. The van der Waals surface area contributed by atoms with E-state index in [9.17, 15) is 0 Å². The minimum Gasteiger partial charge on any atom is -0.0859 e. The molecule has 0 aromatic heterocycles. The number of hydrogen-bond donors (Lipinski definition) is 0. The zero-order valence-corrected chi connectivity index (χ0v) is 19.7. The van der Waals surface area contributed by atoms with Gasteiger partial charge in [-0.05, 0) is 112 Å². The van der Waals surface area contributed by atoms with Gasteiger partial charge < -0.3 is 0 Å². The predicted molar refractivity (Wildman–Crippen MR) is 122 cm³/mol. The Kier molecular flexibility index (Phi) is 5.65. The van der Waals surface area contributed by atoms with Crippen molar-refractivity contribution < 1.29 is 0 Å². The van der Waals surface area contributed by atoms with Crippen LogP contribution in [0.4, 0.5) is 0 Å². The summed E-state index contributed by atoms with van der Waals surface area (Å²) in [6.07, 6.45) is 18.4. The van der Waals surface area contributed by atoms with Gasteiger partial charge in [-0.25, -0.2) is 0 Å². The van der Waals surface area contributed by atoms with Crippen molar-refractivity contribution in [3.05, 3.63) is 22.8 Å². The van der Waals surface area contributed by atoms with Crippen LogP contribution in [0, 0.1) is 40.4 Å². The summed E-state index contributed by atoms with van der Waals surface area (Å²) in [5, 5.41) is 0. The van der Waals surface area contributed by atoms with Crippen molar-refractivity contribution in [2.24, 2.45) is 40.4 Å². The first-order valence-corrected chi connectivity index (χ1v) is 12.6. The molecule has 7 atom stereocenters. The van der Waals surface area contributed by atoms with Gasteiger partial charge in [0.1, 0.15) is 0 Å². The molecule has 2 saturated carbocycles. The standard InChI is InChI=1S/C28H46/c1-19(2)9-7-10-20(3)24-14-15-25-22-12-13-23-21(4)11-8-17-27(23,5)26(22)16-18-28(24,25)6/h9,20-21,23-25H,7-8,10-18H2,1-6H3/t20-,21?,23?,24-,25+,27+,28-/m1/s1. The molecule has 0 N–H and O–H groups in total. The van der Waals surface area contributed by atoms with E-state index < -0.39 is 0 Å². The molecule has 0 heteroatoms. The van der Waals surface area contributed by atoms with Crippen molar-refractivity contribution in [1.82, 2.24) is 0 Å². The number of rotatable bonds is 4. The molecule has 0 aromatic rings. The van der Waals surface area contributed by atoms with Crippen LogP contribution in [0.1, 0.15) is 112 Å². The van der Waals surface area contributed by atoms with E-state index in [4.69, 9.17) is 0 Å². The summed E-state index contributed by atoms with van der Waals surface area (Å²) in [7, 11) is 0. The Balaban J connectivity index is 1.56. The van der Waals surface area contributed by atoms with E-state index in [1.165, 1.54) is 76.2 Å². The second-order valence-corrected chi connectivity index (χ2v) is 12.0. The van der Waals surface area contributed by atoms with Crippen LogP contribution in [0.5, 0.6) is 0 Å². The van der Waals surface area contributed by atoms with Crippen LogP contribution in [-0.4, -0.2) is 0 Å². The first kappa shape index (κ1) is 20.7. The van der Waals surface area contributed by atoms with E-state index in [-0.39, 0.29) is 0 Å². The van der Waals surface area contributed by atoms with Gasteiger partial charge in [0.15, 0.2) is 0 Å². The first-order valence-electron chi connectivity index (χ1n) is 12.6. The molecule has 0 amide bonds. The first-order chi connectivity index (χ1) is 13.3. The Bertz CT molecular complexity index is 647. The fourth-order valence-electron chi connectivity index (χ4n) is 8.80. The van der Waals surface area contributed by atoms with Crippen LogP contribution in [0.15, 0.2) is 22.8 Å². The Labute approximate surface area is 175 Å². The van der Waals surface area contributed by atoms with Gasteiger partial charge in [0.2, 0.25) is 0 Å². The number of allylic oxidation sites excluding steroid dienone is 4. The third-order valence-corrected chi connectivity index (χ3v) is 10.3. The summed E-state index contributed by atoms with van der Waals surface area (Å²) in [6, 6.07) is 0. The molecular weight excluding hydrogens is 336 g/mol. The molecule has 28 heavy (non-hydrogen) atoms. The minimum absolute atomic E-state index is 0.555. The normalized spacial score (nSPS) is 43.8. The van der Waals surface area contributed by atoms with Crippen molar-refractivity contribution in [2.45, 2.75) is 112 Å². The number of fused-ring (bicyclic) bond motifs is 4. The molecule has 4 aliphatic carbocycles. The van der Waals surface area contributed by atoms with E-state index in [0.717, 1.165) is 29.6 Å². The maximum absolute atomic E-state index is 2.70. The van der Waals surface area contributed by atoms with Gasteiger partial charge in [0, 0.05) is 0 Å². The molecule has 0 saturated heterocycles. The molecule has 0 radical (unpaired) electrons. The van der Waals surface area contributed by atoms with Gasteiger partial charge in [0.05, 0.1) is 0 Å². The van der Waals surface area contributed by atoms with Gasteiger partial charge in [-0.1, -0.05) is 63.3 Å². The van der Waals surface area contributed by atoms with Gasteiger partial charge >= 0.3 is 0 Å². The molecule has 0 nitrogen and oxygen atoms in total. The lowest BCUT2D eigenvalue weighted by Gasteiger charge is -2.56. The Morgan fingerprint density at radius 3 is 2.61 bits per heavy atom. The smallest absolute Gasteiger partial charge is 0.00827 e. The van der Waals surface area contributed by atoms with Gasteiger partial charge in [-0.2, -0.15) is 0 Å². The molecule has 2 fully saturated rings. The second-order valence-electron chi connectivity index (χ2n) is 12.0. The second kappa shape index (κ2) is 7.63. The SMILES string of the molecule is CC(C)=CCC[C@@H](C)[C@H]1CC[C@H]2C3=C(CC[C@]12C)[C@@]1(C)CCCC(C)C1CC3. The topological polar surface area (TPSA) is 0 Å². The average molecular weight is 383 g/mol. The van der Waals surface area contributed by atoms with E-state index in [0.29, 0.717) is 10.8 Å². The molecule has 4 aliphatic rings. The fourth-order valence-corrected chi connectivity index (χ4v) is 8.80. The summed E-state index contributed by atoms with van der Waals surface area (Å²) in [5.41, 5.74) is 6.60. The van der Waals surface area contributed by atoms with Crippen LogP contribution in [0.25, 0.3) is 0 Å². The lowest BCUT2D eigenvalue weighted by Crippen LogP contribution is -2.45. The van der Waals surface area contributed by atoms with Crippen LogP contribution >= 0.6 is 0 Å². The van der Waals surface area contributed by atoms with E-state index >= 15 is 0 Å². The molecule has 0 spiro atoms. The zero-order valence-electron chi connectivity index (χ0n) is 19.7. The van der Waals surface area contributed by atoms with E-state index in [1.807, 2.05) is 11.1 Å². The van der Waals surface area contributed by atoms with Crippen LogP contribution in [0.3, 0.4) is 0 Å². The van der Waals surface area contributed by atoms with Crippen molar-refractivity contribution in [3.8, 4) is 0 Å². The Morgan fingerprint density at radius 2 is 1.86 bits per heavy atom. The monoisotopic (exact) mass is 382 g/mol. The molecule has 0 aromatic carbocycles. The van der Waals surface area contributed by atoms with Crippen LogP contribution < -0.4 is 0 Å². The zero-order chi connectivity index (χ0) is 20.1. The highest BCUT2D eigenvalue weighted by Crippen LogP contribution is 2.66. The Morgan fingerprint density at radius 1 is 1.07 bits per heavy atom. The maximum Gasteiger partial charge on any atom is -0.00827 e. The van der Waals surface area contributed by atoms with Gasteiger partial charge in [0.25, 0.3) is 0 Å². The molecule has 4 rings (SSSR count). The fraction of sp³-hybridized carbons (Fsp3) is 0.857. The maximum atomic E-state index is 2.70. The molecule has 0 bridgehead atoms. The third-order valence-electron chi connectivity index (χ3n) is 10.3. The highest BCUT2D eigenvalue weighted by molar-refractivity contribution is 5.34. The van der Waals surface area contributed by atoms with Crippen molar-refractivity contribution in [1.29, 1.82) is 0 Å². The Hall–Kier alpha value is -0.520. The minimum atomic E-state index is 0.555. The van der Waals surface area contributed by atoms with E-state index in [1.54, 1.807) is 0 Å². The quantitative estimate of drug-likeness (QED) is 0.426. The molecular formula is C28H46. The van der Waals surface area contributed by atoms with Crippen LogP contribution in [-0.2, 0) is 0 Å². The summed E-state index contributed by atoms with van der Waals surface area (Å²) >= 11 is 0.